The van der Waals surface area contributed by atoms with E-state index in [0.717, 1.165) is 71.6 Å². The fourth-order valence-corrected chi connectivity index (χ4v) is 5.73. The molecule has 0 fully saturated rings. The van der Waals surface area contributed by atoms with Crippen molar-refractivity contribution in [3.05, 3.63) is 125 Å². The van der Waals surface area contributed by atoms with Crippen LogP contribution in [-0.4, -0.2) is 27.7 Å². The van der Waals surface area contributed by atoms with Gasteiger partial charge in [0.2, 0.25) is 0 Å². The van der Waals surface area contributed by atoms with Crippen LogP contribution in [0.1, 0.15) is 56.2 Å². The Hall–Kier alpha value is -3.87. The molecular weight excluding hydrogens is 546 g/mol. The van der Waals surface area contributed by atoms with Crippen LogP contribution in [0.4, 0.5) is 0 Å². The highest BCUT2D eigenvalue weighted by Crippen LogP contribution is 2.35. The first-order chi connectivity index (χ1) is 20.7. The fourth-order valence-electron chi connectivity index (χ4n) is 5.52. The second-order valence-corrected chi connectivity index (χ2v) is 10.8. The molecule has 1 aromatic heterocycles. The van der Waals surface area contributed by atoms with E-state index in [0.29, 0.717) is 24.8 Å². The summed E-state index contributed by atoms with van der Waals surface area (Å²) in [6.07, 6.45) is 16.2. The van der Waals surface area contributed by atoms with E-state index in [1.54, 1.807) is 18.8 Å². The lowest BCUT2D eigenvalue weighted by molar-refractivity contribution is 0.148. The lowest BCUT2D eigenvalue weighted by Gasteiger charge is -2.36. The molecule has 1 aliphatic carbocycles. The van der Waals surface area contributed by atoms with Crippen LogP contribution >= 0.6 is 11.6 Å². The van der Waals surface area contributed by atoms with E-state index in [2.05, 4.69) is 64.5 Å². The minimum Gasteiger partial charge on any atom is -0.494 e. The average Bonchev–Trinajstić information content (AvgIpc) is 3.03. The summed E-state index contributed by atoms with van der Waals surface area (Å²) in [4.78, 5) is 2.40. The van der Waals surface area contributed by atoms with Crippen molar-refractivity contribution in [1.29, 1.82) is 0 Å². The third-order valence-corrected chi connectivity index (χ3v) is 7.78. The Labute approximate surface area is 254 Å². The molecule has 0 amide bonds. The van der Waals surface area contributed by atoms with Crippen molar-refractivity contribution in [2.75, 3.05) is 6.61 Å². The van der Waals surface area contributed by atoms with E-state index in [1.807, 2.05) is 37.3 Å². The molecule has 7 heteroatoms. The summed E-state index contributed by atoms with van der Waals surface area (Å²) in [6.45, 7) is 5.99. The highest BCUT2D eigenvalue weighted by Gasteiger charge is 2.31. The predicted molar refractivity (Wildman–Crippen MR) is 168 cm³/mol. The van der Waals surface area contributed by atoms with Crippen molar-refractivity contribution in [3.8, 4) is 17.0 Å². The van der Waals surface area contributed by atoms with E-state index in [9.17, 15) is 0 Å². The molecule has 2 heterocycles. The molecule has 0 saturated carbocycles. The first-order valence-corrected chi connectivity index (χ1v) is 15.1. The van der Waals surface area contributed by atoms with Crippen molar-refractivity contribution in [2.45, 2.75) is 65.1 Å². The standard InChI is InChI=1S/C35H38ClN3O3/c1-3-5-19-30-31(35(36)38-37-33(30)27-14-8-6-9-15-27)24-39(23-26-13-12-18-29(22-26)41-4-2)34(28-16-10-7-11-17-28)32-25-40-20-21-42-32/h6-10,12-16,18,20-22,25,34H,3-5,11,17,19,23-24H2,1-2H3. The van der Waals surface area contributed by atoms with Gasteiger partial charge >= 0.3 is 0 Å². The van der Waals surface area contributed by atoms with E-state index < -0.39 is 0 Å². The van der Waals surface area contributed by atoms with Gasteiger partial charge in [-0.05, 0) is 61.4 Å². The van der Waals surface area contributed by atoms with Crippen molar-refractivity contribution in [3.63, 3.8) is 0 Å². The van der Waals surface area contributed by atoms with Crippen LogP contribution in [0.2, 0.25) is 5.15 Å². The molecule has 5 rings (SSSR count). The quantitative estimate of drug-likeness (QED) is 0.201. The molecule has 0 bridgehead atoms. The summed E-state index contributed by atoms with van der Waals surface area (Å²) >= 11 is 6.93. The van der Waals surface area contributed by atoms with Crippen LogP contribution in [0.25, 0.3) is 11.3 Å². The molecule has 0 N–H and O–H groups in total. The van der Waals surface area contributed by atoms with Crippen molar-refractivity contribution >= 4 is 11.6 Å². The highest BCUT2D eigenvalue weighted by molar-refractivity contribution is 6.30. The monoisotopic (exact) mass is 583 g/mol. The number of halogens is 1. The Morgan fingerprint density at radius 1 is 1.00 bits per heavy atom. The number of allylic oxidation sites excluding steroid dienone is 3. The van der Waals surface area contributed by atoms with Gasteiger partial charge in [0.15, 0.2) is 10.9 Å². The topological polar surface area (TPSA) is 56.7 Å². The predicted octanol–water partition coefficient (Wildman–Crippen LogP) is 8.54. The van der Waals surface area contributed by atoms with E-state index >= 15 is 0 Å². The Morgan fingerprint density at radius 3 is 2.62 bits per heavy atom. The maximum Gasteiger partial charge on any atom is 0.160 e. The van der Waals surface area contributed by atoms with Gasteiger partial charge in [0.1, 0.15) is 24.5 Å². The van der Waals surface area contributed by atoms with Crippen LogP contribution in [-0.2, 0) is 29.0 Å². The van der Waals surface area contributed by atoms with Gasteiger partial charge in [0, 0.05) is 24.2 Å². The van der Waals surface area contributed by atoms with Gasteiger partial charge in [-0.3, -0.25) is 4.90 Å². The molecule has 3 aromatic rings. The molecule has 0 radical (unpaired) electrons. The number of hydrogen-bond donors (Lipinski definition) is 0. The Balaban J connectivity index is 1.62. The molecule has 2 aliphatic rings. The molecule has 2 aromatic carbocycles. The zero-order chi connectivity index (χ0) is 29.1. The van der Waals surface area contributed by atoms with E-state index in [1.165, 1.54) is 5.57 Å². The first kappa shape index (κ1) is 29.6. The lowest BCUT2D eigenvalue weighted by Crippen LogP contribution is -2.39. The Morgan fingerprint density at radius 2 is 1.88 bits per heavy atom. The number of unbranched alkanes of at least 4 members (excludes halogenated alkanes) is 1. The van der Waals surface area contributed by atoms with Gasteiger partial charge in [-0.15, -0.1) is 10.2 Å². The number of hydrogen-bond acceptors (Lipinski definition) is 6. The van der Waals surface area contributed by atoms with Crippen LogP contribution in [0.5, 0.6) is 5.75 Å². The summed E-state index contributed by atoms with van der Waals surface area (Å²) in [6, 6.07) is 18.3. The Kier molecular flexibility index (Phi) is 10.5. The largest absolute Gasteiger partial charge is 0.494 e. The van der Waals surface area contributed by atoms with Gasteiger partial charge in [-0.25, -0.2) is 0 Å². The van der Waals surface area contributed by atoms with Crippen LogP contribution in [0.15, 0.2) is 103 Å². The smallest absolute Gasteiger partial charge is 0.160 e. The summed E-state index contributed by atoms with van der Waals surface area (Å²) in [5, 5.41) is 9.51. The fraction of sp³-hybridized carbons (Fsp3) is 0.314. The van der Waals surface area contributed by atoms with E-state index in [4.69, 9.17) is 25.8 Å². The number of nitrogens with zero attached hydrogens (tertiary/aromatic N) is 3. The molecule has 1 unspecified atom stereocenters. The van der Waals surface area contributed by atoms with Gasteiger partial charge in [-0.2, -0.15) is 0 Å². The van der Waals surface area contributed by atoms with Crippen LogP contribution < -0.4 is 4.74 Å². The number of ether oxygens (including phenoxy) is 3. The van der Waals surface area contributed by atoms with Gasteiger partial charge in [-0.1, -0.05) is 85.6 Å². The molecule has 1 aliphatic heterocycles. The summed E-state index contributed by atoms with van der Waals surface area (Å²) in [7, 11) is 0. The van der Waals surface area contributed by atoms with Gasteiger partial charge in [0.25, 0.3) is 0 Å². The minimum atomic E-state index is -0.181. The SMILES string of the molecule is CCCCc1c(-c2ccccc2)nnc(Cl)c1CN(Cc1cccc(OCC)c1)C(C1=CC=CCC1)C1=COC=CO1. The molecule has 218 valence electrons. The third-order valence-electron chi connectivity index (χ3n) is 7.48. The van der Waals surface area contributed by atoms with Gasteiger partial charge in [0.05, 0.1) is 18.3 Å². The number of rotatable bonds is 13. The second-order valence-electron chi connectivity index (χ2n) is 10.4. The summed E-state index contributed by atoms with van der Waals surface area (Å²) in [5.41, 5.74) is 6.44. The second kappa shape index (κ2) is 14.9. The maximum absolute atomic E-state index is 6.93. The third kappa shape index (κ3) is 7.30. The first-order valence-electron chi connectivity index (χ1n) is 14.8. The van der Waals surface area contributed by atoms with Crippen LogP contribution in [0.3, 0.4) is 0 Å². The maximum atomic E-state index is 6.93. The van der Waals surface area contributed by atoms with Gasteiger partial charge < -0.3 is 14.2 Å². The van der Waals surface area contributed by atoms with Crippen LogP contribution in [0, 0.1) is 0 Å². The molecule has 1 atom stereocenters. The minimum absolute atomic E-state index is 0.181. The summed E-state index contributed by atoms with van der Waals surface area (Å²) in [5.74, 6) is 1.58. The lowest BCUT2D eigenvalue weighted by atomic mass is 9.93. The molecule has 6 nitrogen and oxygen atoms in total. The molecule has 0 spiro atoms. The zero-order valence-electron chi connectivity index (χ0n) is 24.3. The van der Waals surface area contributed by atoms with E-state index in [-0.39, 0.29) is 6.04 Å². The molecule has 0 saturated heterocycles. The highest BCUT2D eigenvalue weighted by atomic mass is 35.5. The Bertz CT molecular complexity index is 1470. The average molecular weight is 584 g/mol. The number of benzene rings is 2. The van der Waals surface area contributed by atoms with Crippen molar-refractivity contribution in [2.24, 2.45) is 0 Å². The summed E-state index contributed by atoms with van der Waals surface area (Å²) < 4.78 is 17.6. The van der Waals surface area contributed by atoms with Crippen molar-refractivity contribution in [1.82, 2.24) is 15.1 Å². The van der Waals surface area contributed by atoms with Crippen molar-refractivity contribution < 1.29 is 14.2 Å². The molecule has 42 heavy (non-hydrogen) atoms. The zero-order valence-corrected chi connectivity index (χ0v) is 25.1. The number of aromatic nitrogens is 2. The normalized spacial score (nSPS) is 15.0. The molecular formula is C35H38ClN3O3.